The smallest absolute Gasteiger partial charge is 0.000770 e. The summed E-state index contributed by atoms with van der Waals surface area (Å²) in [6.45, 7) is 7.19. The topological polar surface area (TPSA) is 12.0 Å². The van der Waals surface area contributed by atoms with Gasteiger partial charge < -0.3 is 5.32 Å². The summed E-state index contributed by atoms with van der Waals surface area (Å²) in [7, 11) is 0. The number of hydrogen-bond acceptors (Lipinski definition) is 1. The summed E-state index contributed by atoms with van der Waals surface area (Å²) in [4.78, 5) is 0. The molecule has 0 atom stereocenters. The fourth-order valence-electron chi connectivity index (χ4n) is 3.34. The molecule has 1 fully saturated rings. The third-order valence-electron chi connectivity index (χ3n) is 4.87. The Hall–Kier alpha value is -0.0400. The molecule has 0 spiro atoms. The van der Waals surface area contributed by atoms with E-state index in [1.807, 2.05) is 0 Å². The third kappa shape index (κ3) is 6.22. The average Bonchev–Trinajstić information content (AvgIpc) is 2.86. The van der Waals surface area contributed by atoms with Gasteiger partial charge in [0.15, 0.2) is 0 Å². The maximum atomic E-state index is 3.72. The second-order valence-corrected chi connectivity index (χ2v) is 6.36. The zero-order valence-electron chi connectivity index (χ0n) is 12.9. The maximum Gasteiger partial charge on any atom is 0.000770 e. The molecule has 0 aromatic carbocycles. The molecule has 0 aromatic heterocycles. The highest BCUT2D eigenvalue weighted by atomic mass is 14.9. The Morgan fingerprint density at radius 2 is 1.44 bits per heavy atom. The van der Waals surface area contributed by atoms with Crippen LogP contribution in [0.25, 0.3) is 0 Å². The van der Waals surface area contributed by atoms with Crippen molar-refractivity contribution in [2.45, 2.75) is 90.9 Å². The van der Waals surface area contributed by atoms with Crippen LogP contribution in [0.3, 0.4) is 0 Å². The standard InChI is InChI=1S/C17H35N/c1-3-5-6-7-8-9-12-15-18-16-17(4-2)13-10-11-14-17/h18H,3-16H2,1-2H3. The number of unbranched alkanes of at least 4 members (excludes halogenated alkanes) is 6. The summed E-state index contributed by atoms with van der Waals surface area (Å²) in [6.07, 6.45) is 17.2. The zero-order valence-corrected chi connectivity index (χ0v) is 12.9. The first-order valence-electron chi connectivity index (χ1n) is 8.54. The minimum atomic E-state index is 0.668. The van der Waals surface area contributed by atoms with E-state index in [0.29, 0.717) is 5.41 Å². The van der Waals surface area contributed by atoms with Gasteiger partial charge >= 0.3 is 0 Å². The van der Waals surface area contributed by atoms with E-state index < -0.39 is 0 Å². The molecule has 0 aromatic rings. The Kier molecular flexibility index (Phi) is 8.75. The quantitative estimate of drug-likeness (QED) is 0.493. The lowest BCUT2D eigenvalue weighted by atomic mass is 9.83. The Bertz CT molecular complexity index is 182. The minimum absolute atomic E-state index is 0.668. The van der Waals surface area contributed by atoms with Crippen LogP contribution in [0.2, 0.25) is 0 Å². The summed E-state index contributed by atoms with van der Waals surface area (Å²) in [6, 6.07) is 0. The Morgan fingerprint density at radius 1 is 0.833 bits per heavy atom. The van der Waals surface area contributed by atoms with Crippen LogP contribution < -0.4 is 5.32 Å². The first-order valence-corrected chi connectivity index (χ1v) is 8.54. The van der Waals surface area contributed by atoms with Crippen LogP contribution in [-0.4, -0.2) is 13.1 Å². The highest BCUT2D eigenvalue weighted by molar-refractivity contribution is 4.85. The van der Waals surface area contributed by atoms with Crippen molar-refractivity contribution in [1.29, 1.82) is 0 Å². The van der Waals surface area contributed by atoms with E-state index >= 15 is 0 Å². The van der Waals surface area contributed by atoms with Gasteiger partial charge in [0, 0.05) is 6.54 Å². The van der Waals surface area contributed by atoms with Crippen LogP contribution in [-0.2, 0) is 0 Å². The van der Waals surface area contributed by atoms with E-state index in [9.17, 15) is 0 Å². The van der Waals surface area contributed by atoms with Crippen molar-refractivity contribution >= 4 is 0 Å². The molecule has 108 valence electrons. The van der Waals surface area contributed by atoms with E-state index in [0.717, 1.165) is 0 Å². The van der Waals surface area contributed by atoms with Crippen molar-refractivity contribution in [2.75, 3.05) is 13.1 Å². The van der Waals surface area contributed by atoms with Crippen molar-refractivity contribution in [3.63, 3.8) is 0 Å². The van der Waals surface area contributed by atoms with Gasteiger partial charge in [0.25, 0.3) is 0 Å². The molecule has 1 heteroatoms. The van der Waals surface area contributed by atoms with Crippen molar-refractivity contribution in [3.8, 4) is 0 Å². The monoisotopic (exact) mass is 253 g/mol. The van der Waals surface area contributed by atoms with Gasteiger partial charge in [0.2, 0.25) is 0 Å². The normalized spacial score (nSPS) is 18.3. The van der Waals surface area contributed by atoms with Crippen LogP contribution in [0.1, 0.15) is 90.9 Å². The molecule has 1 saturated carbocycles. The average molecular weight is 253 g/mol. The number of rotatable bonds is 11. The highest BCUT2D eigenvalue weighted by Gasteiger charge is 2.31. The van der Waals surface area contributed by atoms with Gasteiger partial charge in [0.1, 0.15) is 0 Å². The maximum absolute atomic E-state index is 3.72. The van der Waals surface area contributed by atoms with Crippen molar-refractivity contribution in [2.24, 2.45) is 5.41 Å². The molecular formula is C17H35N. The Labute approximate surface area is 115 Å². The van der Waals surface area contributed by atoms with Gasteiger partial charge in [-0.05, 0) is 37.6 Å². The molecule has 1 aliphatic carbocycles. The lowest BCUT2D eigenvalue weighted by Crippen LogP contribution is -2.32. The summed E-state index contributed by atoms with van der Waals surface area (Å²) in [5.41, 5.74) is 0.668. The van der Waals surface area contributed by atoms with E-state index in [1.54, 1.807) is 0 Å². The lowest BCUT2D eigenvalue weighted by Gasteiger charge is -2.27. The number of hydrogen-bond donors (Lipinski definition) is 1. The van der Waals surface area contributed by atoms with E-state index in [4.69, 9.17) is 0 Å². The van der Waals surface area contributed by atoms with Crippen molar-refractivity contribution in [3.05, 3.63) is 0 Å². The van der Waals surface area contributed by atoms with Gasteiger partial charge in [-0.15, -0.1) is 0 Å². The molecule has 0 aliphatic heterocycles. The van der Waals surface area contributed by atoms with E-state index in [1.165, 1.54) is 90.1 Å². The van der Waals surface area contributed by atoms with Gasteiger partial charge in [-0.1, -0.05) is 65.2 Å². The number of nitrogens with one attached hydrogen (secondary N) is 1. The second-order valence-electron chi connectivity index (χ2n) is 6.36. The zero-order chi connectivity index (χ0) is 13.1. The van der Waals surface area contributed by atoms with Gasteiger partial charge in [0.05, 0.1) is 0 Å². The molecule has 1 rings (SSSR count). The molecule has 0 heterocycles. The predicted octanol–water partition coefficient (Wildman–Crippen LogP) is 5.30. The summed E-state index contributed by atoms with van der Waals surface area (Å²) in [5.74, 6) is 0. The van der Waals surface area contributed by atoms with Gasteiger partial charge in [-0.25, -0.2) is 0 Å². The van der Waals surface area contributed by atoms with Crippen LogP contribution >= 0.6 is 0 Å². The van der Waals surface area contributed by atoms with E-state index in [2.05, 4.69) is 19.2 Å². The largest absolute Gasteiger partial charge is 0.316 e. The van der Waals surface area contributed by atoms with Gasteiger partial charge in [-0.2, -0.15) is 0 Å². The molecule has 1 aliphatic rings. The molecule has 0 saturated heterocycles. The van der Waals surface area contributed by atoms with Crippen molar-refractivity contribution in [1.82, 2.24) is 5.32 Å². The van der Waals surface area contributed by atoms with Crippen LogP contribution in [0.5, 0.6) is 0 Å². The molecular weight excluding hydrogens is 218 g/mol. The first-order chi connectivity index (χ1) is 8.83. The molecule has 18 heavy (non-hydrogen) atoms. The molecule has 0 unspecified atom stereocenters. The van der Waals surface area contributed by atoms with Gasteiger partial charge in [-0.3, -0.25) is 0 Å². The second kappa shape index (κ2) is 9.83. The summed E-state index contributed by atoms with van der Waals surface area (Å²) >= 11 is 0. The summed E-state index contributed by atoms with van der Waals surface area (Å²) in [5, 5.41) is 3.72. The van der Waals surface area contributed by atoms with Crippen LogP contribution in [0.4, 0.5) is 0 Å². The predicted molar refractivity (Wildman–Crippen MR) is 82.1 cm³/mol. The third-order valence-corrected chi connectivity index (χ3v) is 4.87. The first kappa shape index (κ1) is 16.0. The van der Waals surface area contributed by atoms with Crippen LogP contribution in [0, 0.1) is 5.41 Å². The van der Waals surface area contributed by atoms with E-state index in [-0.39, 0.29) is 0 Å². The lowest BCUT2D eigenvalue weighted by molar-refractivity contribution is 0.268. The molecule has 1 nitrogen and oxygen atoms in total. The highest BCUT2D eigenvalue weighted by Crippen LogP contribution is 2.40. The van der Waals surface area contributed by atoms with Crippen LogP contribution in [0.15, 0.2) is 0 Å². The molecule has 0 amide bonds. The minimum Gasteiger partial charge on any atom is -0.316 e. The van der Waals surface area contributed by atoms with Crippen molar-refractivity contribution < 1.29 is 0 Å². The fraction of sp³-hybridized carbons (Fsp3) is 1.00. The SMILES string of the molecule is CCCCCCCCCNCC1(CC)CCCC1. The Morgan fingerprint density at radius 3 is 2.06 bits per heavy atom. The molecule has 0 radical (unpaired) electrons. The fourth-order valence-corrected chi connectivity index (χ4v) is 3.34. The molecule has 0 bridgehead atoms. The molecule has 1 N–H and O–H groups in total. The summed E-state index contributed by atoms with van der Waals surface area (Å²) < 4.78 is 0. The Balaban J connectivity index is 1.89.